The monoisotopic (exact) mass is 385 g/mol. The molecule has 0 radical (unpaired) electrons. The number of rotatable bonds is 5. The van der Waals surface area contributed by atoms with Crippen LogP contribution in [0.25, 0.3) is 10.8 Å². The summed E-state index contributed by atoms with van der Waals surface area (Å²) in [6, 6.07) is 20.4. The smallest absolute Gasteiger partial charge is 0.169 e. The van der Waals surface area contributed by atoms with Crippen LogP contribution in [0.1, 0.15) is 34.7 Å². The van der Waals surface area contributed by atoms with Gasteiger partial charge < -0.3 is 14.4 Å². The summed E-state index contributed by atoms with van der Waals surface area (Å²) in [6.07, 6.45) is 4.74. The van der Waals surface area contributed by atoms with Crippen LogP contribution < -0.4 is 9.47 Å². The highest BCUT2D eigenvalue weighted by atomic mass is 16.5. The third-order valence-corrected chi connectivity index (χ3v) is 5.87. The molecular weight excluding hydrogens is 362 g/mol. The summed E-state index contributed by atoms with van der Waals surface area (Å²) in [5, 5.41) is 2.02. The van der Waals surface area contributed by atoms with Crippen LogP contribution in [0.4, 0.5) is 0 Å². The van der Waals surface area contributed by atoms with E-state index in [2.05, 4.69) is 35.2 Å². The predicted octanol–water partition coefficient (Wildman–Crippen LogP) is 5.14. The van der Waals surface area contributed by atoms with E-state index >= 15 is 0 Å². The number of ketones is 1. The minimum absolute atomic E-state index is 0.185. The van der Waals surface area contributed by atoms with Gasteiger partial charge in [-0.1, -0.05) is 42.5 Å². The highest BCUT2D eigenvalue weighted by Gasteiger charge is 2.24. The molecular formula is C25H23NO3. The first-order valence-electron chi connectivity index (χ1n) is 10.1. The summed E-state index contributed by atoms with van der Waals surface area (Å²) in [4.78, 5) is 15.2. The standard InChI is InChI=1S/C25H23NO3/c27-23(9-11-26-10-8-21(17-26)18-4-2-1-3-5-18)20-7-6-19-15-24-25(16-22(19)14-20)29-13-12-28-24/h1-7,12-16,21H,8-11,17H2. The van der Waals surface area contributed by atoms with Gasteiger partial charge in [-0.3, -0.25) is 4.79 Å². The quantitative estimate of drug-likeness (QED) is 0.570. The number of benzene rings is 3. The SMILES string of the molecule is O=C(CCN1CCC(c2ccccc2)C1)c1ccc2cc3c(cc2c1)OC=CO3. The molecule has 0 aromatic heterocycles. The Morgan fingerprint density at radius 3 is 2.48 bits per heavy atom. The second-order valence-electron chi connectivity index (χ2n) is 7.74. The van der Waals surface area contributed by atoms with Crippen LogP contribution in [0.3, 0.4) is 0 Å². The van der Waals surface area contributed by atoms with E-state index in [0.717, 1.165) is 42.4 Å². The lowest BCUT2D eigenvalue weighted by Gasteiger charge is -2.16. The third kappa shape index (κ3) is 3.76. The molecule has 2 aliphatic heterocycles. The van der Waals surface area contributed by atoms with E-state index < -0.39 is 0 Å². The topological polar surface area (TPSA) is 38.8 Å². The third-order valence-electron chi connectivity index (χ3n) is 5.87. The maximum atomic E-state index is 12.8. The average molecular weight is 385 g/mol. The van der Waals surface area contributed by atoms with Crippen molar-refractivity contribution in [3.8, 4) is 11.5 Å². The molecule has 0 aliphatic carbocycles. The molecule has 0 bridgehead atoms. The maximum absolute atomic E-state index is 12.8. The van der Waals surface area contributed by atoms with Gasteiger partial charge in [0, 0.05) is 25.1 Å². The molecule has 1 fully saturated rings. The zero-order chi connectivity index (χ0) is 19.6. The van der Waals surface area contributed by atoms with Gasteiger partial charge >= 0.3 is 0 Å². The van der Waals surface area contributed by atoms with Gasteiger partial charge in [-0.05, 0) is 53.4 Å². The highest BCUT2D eigenvalue weighted by molar-refractivity contribution is 6.00. The molecule has 4 heteroatoms. The van der Waals surface area contributed by atoms with Crippen LogP contribution in [0.15, 0.2) is 73.2 Å². The van der Waals surface area contributed by atoms with Gasteiger partial charge in [0.2, 0.25) is 0 Å². The van der Waals surface area contributed by atoms with Gasteiger partial charge in [0.05, 0.1) is 0 Å². The molecule has 146 valence electrons. The molecule has 3 aromatic rings. The van der Waals surface area contributed by atoms with Gasteiger partial charge in [-0.2, -0.15) is 0 Å². The summed E-state index contributed by atoms with van der Waals surface area (Å²) in [6.45, 7) is 2.90. The summed E-state index contributed by atoms with van der Waals surface area (Å²) < 4.78 is 11.0. The minimum Gasteiger partial charge on any atom is -0.458 e. The average Bonchev–Trinajstić information content (AvgIpc) is 3.25. The van der Waals surface area contributed by atoms with Crippen molar-refractivity contribution in [3.63, 3.8) is 0 Å². The van der Waals surface area contributed by atoms with E-state index in [4.69, 9.17) is 9.47 Å². The van der Waals surface area contributed by atoms with E-state index in [1.54, 1.807) is 0 Å². The summed E-state index contributed by atoms with van der Waals surface area (Å²) in [7, 11) is 0. The second kappa shape index (κ2) is 7.72. The van der Waals surface area contributed by atoms with Gasteiger partial charge in [-0.25, -0.2) is 0 Å². The van der Waals surface area contributed by atoms with E-state index in [0.29, 0.717) is 23.8 Å². The largest absolute Gasteiger partial charge is 0.458 e. The number of hydrogen-bond donors (Lipinski definition) is 0. The van der Waals surface area contributed by atoms with Crippen LogP contribution in [0.5, 0.6) is 11.5 Å². The van der Waals surface area contributed by atoms with E-state index in [-0.39, 0.29) is 5.78 Å². The Labute approximate surface area is 170 Å². The van der Waals surface area contributed by atoms with Gasteiger partial charge in [0.15, 0.2) is 17.3 Å². The van der Waals surface area contributed by atoms with E-state index in [1.807, 2.05) is 30.3 Å². The number of fused-ring (bicyclic) bond motifs is 2. The van der Waals surface area contributed by atoms with Crippen molar-refractivity contribution in [2.75, 3.05) is 19.6 Å². The number of likely N-dealkylation sites (tertiary alicyclic amines) is 1. The minimum atomic E-state index is 0.185. The first-order valence-corrected chi connectivity index (χ1v) is 10.1. The molecule has 2 heterocycles. The Morgan fingerprint density at radius 1 is 0.931 bits per heavy atom. The highest BCUT2D eigenvalue weighted by Crippen LogP contribution is 2.35. The zero-order valence-corrected chi connectivity index (χ0v) is 16.2. The normalized spacial score (nSPS) is 18.3. The Bertz CT molecular complexity index is 1070. The second-order valence-corrected chi connectivity index (χ2v) is 7.74. The fraction of sp³-hybridized carbons (Fsp3) is 0.240. The number of carbonyl (C=O) groups excluding carboxylic acids is 1. The number of carbonyl (C=O) groups is 1. The summed E-state index contributed by atoms with van der Waals surface area (Å²) in [5.74, 6) is 2.13. The van der Waals surface area contributed by atoms with Crippen LogP contribution in [0.2, 0.25) is 0 Å². The van der Waals surface area contributed by atoms with Crippen molar-refractivity contribution in [2.24, 2.45) is 0 Å². The van der Waals surface area contributed by atoms with Crippen LogP contribution in [0, 0.1) is 0 Å². The fourth-order valence-electron chi connectivity index (χ4n) is 4.25. The summed E-state index contributed by atoms with van der Waals surface area (Å²) >= 11 is 0. The molecule has 4 nitrogen and oxygen atoms in total. The Kier molecular flexibility index (Phi) is 4.78. The molecule has 1 saturated heterocycles. The molecule has 0 saturated carbocycles. The molecule has 29 heavy (non-hydrogen) atoms. The maximum Gasteiger partial charge on any atom is 0.169 e. The Morgan fingerprint density at radius 2 is 1.69 bits per heavy atom. The van der Waals surface area contributed by atoms with Crippen LogP contribution in [-0.4, -0.2) is 30.3 Å². The molecule has 5 rings (SSSR count). The number of hydrogen-bond acceptors (Lipinski definition) is 4. The molecule has 1 unspecified atom stereocenters. The van der Waals surface area contributed by atoms with Crippen molar-refractivity contribution in [2.45, 2.75) is 18.8 Å². The number of Topliss-reactive ketones (excluding diaryl/α,β-unsaturated/α-hetero) is 1. The fourth-order valence-corrected chi connectivity index (χ4v) is 4.25. The van der Waals surface area contributed by atoms with Crippen molar-refractivity contribution in [1.82, 2.24) is 4.90 Å². The lowest BCUT2D eigenvalue weighted by atomic mass is 9.99. The van der Waals surface area contributed by atoms with Gasteiger partial charge in [0.25, 0.3) is 0 Å². The van der Waals surface area contributed by atoms with Gasteiger partial charge in [0.1, 0.15) is 12.5 Å². The van der Waals surface area contributed by atoms with Crippen molar-refractivity contribution in [3.05, 3.63) is 84.3 Å². The van der Waals surface area contributed by atoms with E-state index in [9.17, 15) is 4.79 Å². The van der Waals surface area contributed by atoms with E-state index in [1.165, 1.54) is 18.1 Å². The molecule has 0 N–H and O–H groups in total. The van der Waals surface area contributed by atoms with Crippen LogP contribution in [-0.2, 0) is 0 Å². The van der Waals surface area contributed by atoms with Crippen molar-refractivity contribution >= 4 is 16.6 Å². The number of ether oxygens (including phenoxy) is 2. The molecule has 0 spiro atoms. The molecule has 1 atom stereocenters. The van der Waals surface area contributed by atoms with Crippen molar-refractivity contribution in [1.29, 1.82) is 0 Å². The first-order chi connectivity index (χ1) is 14.3. The first kappa shape index (κ1) is 18.0. The predicted molar refractivity (Wildman–Crippen MR) is 114 cm³/mol. The van der Waals surface area contributed by atoms with Gasteiger partial charge in [-0.15, -0.1) is 0 Å². The Balaban J connectivity index is 1.24. The molecule has 0 amide bonds. The lowest BCUT2D eigenvalue weighted by Crippen LogP contribution is -2.23. The zero-order valence-electron chi connectivity index (χ0n) is 16.2. The lowest BCUT2D eigenvalue weighted by molar-refractivity contribution is 0.0969. The summed E-state index contributed by atoms with van der Waals surface area (Å²) in [5.41, 5.74) is 2.16. The molecule has 3 aromatic carbocycles. The van der Waals surface area contributed by atoms with Crippen molar-refractivity contribution < 1.29 is 14.3 Å². The van der Waals surface area contributed by atoms with Crippen LogP contribution >= 0.6 is 0 Å². The number of nitrogens with zero attached hydrogens (tertiary/aromatic N) is 1. The Hall–Kier alpha value is -3.11. The molecule has 2 aliphatic rings.